The maximum atomic E-state index is 10.9. The number of hydrogen-bond acceptors (Lipinski definition) is 2. The fourth-order valence-corrected chi connectivity index (χ4v) is 3.88. The minimum atomic E-state index is -0.172. The summed E-state index contributed by atoms with van der Waals surface area (Å²) in [6, 6.07) is 0. The Morgan fingerprint density at radius 1 is 1.39 bits per heavy atom. The summed E-state index contributed by atoms with van der Waals surface area (Å²) in [5.74, 6) is -0.172. The average Bonchev–Trinajstić information content (AvgIpc) is 2.25. The third kappa shape index (κ3) is 3.45. The topological polar surface area (TPSA) is 56.8 Å². The van der Waals surface area contributed by atoms with E-state index >= 15 is 0 Å². The highest BCUT2D eigenvalue weighted by molar-refractivity contribution is 5.73. The summed E-state index contributed by atoms with van der Waals surface area (Å²) in [7, 11) is 0. The van der Waals surface area contributed by atoms with Gasteiger partial charge in [0.05, 0.1) is 31.7 Å². The second kappa shape index (κ2) is 5.17. The predicted molar refractivity (Wildman–Crippen MR) is 70.3 cm³/mol. The molecule has 2 rings (SSSR count). The fourth-order valence-electron chi connectivity index (χ4n) is 3.88. The standard InChI is InChI=1S/C14H26N2O2/c1-13(2)10-14(6-9-18-13)5-3-7-16(11-14)8-4-12(15)17/h3-11H2,1-2H3,(H2,15,17)/p+1/t14-/m0/s1. The van der Waals surface area contributed by atoms with E-state index in [4.69, 9.17) is 10.5 Å². The molecule has 2 aliphatic heterocycles. The molecule has 2 aliphatic rings. The Morgan fingerprint density at radius 3 is 2.83 bits per heavy atom. The molecule has 2 fully saturated rings. The van der Waals surface area contributed by atoms with E-state index in [2.05, 4.69) is 13.8 Å². The van der Waals surface area contributed by atoms with Crippen molar-refractivity contribution < 1.29 is 14.4 Å². The molecule has 0 aromatic rings. The van der Waals surface area contributed by atoms with Gasteiger partial charge in [-0.2, -0.15) is 0 Å². The van der Waals surface area contributed by atoms with Crippen molar-refractivity contribution in [3.8, 4) is 0 Å². The number of amides is 1. The van der Waals surface area contributed by atoms with Gasteiger partial charge in [0.25, 0.3) is 0 Å². The smallest absolute Gasteiger partial charge is 0.223 e. The summed E-state index contributed by atoms with van der Waals surface area (Å²) in [5, 5.41) is 0. The largest absolute Gasteiger partial charge is 0.376 e. The molecule has 0 aromatic heterocycles. The van der Waals surface area contributed by atoms with Gasteiger partial charge in [-0.25, -0.2) is 0 Å². The molecule has 0 radical (unpaired) electrons. The van der Waals surface area contributed by atoms with E-state index in [0.29, 0.717) is 11.8 Å². The molecule has 2 saturated heterocycles. The zero-order valence-electron chi connectivity index (χ0n) is 11.8. The molecule has 104 valence electrons. The highest BCUT2D eigenvalue weighted by Gasteiger charge is 2.45. The highest BCUT2D eigenvalue weighted by atomic mass is 16.5. The number of rotatable bonds is 3. The molecule has 2 heterocycles. The van der Waals surface area contributed by atoms with Crippen LogP contribution in [-0.4, -0.2) is 37.7 Å². The molecule has 4 nitrogen and oxygen atoms in total. The number of hydrogen-bond donors (Lipinski definition) is 2. The number of nitrogens with one attached hydrogen (secondary N) is 1. The predicted octanol–water partition coefficient (Wildman–Crippen LogP) is 0.116. The second-order valence-corrected chi connectivity index (χ2v) is 6.78. The summed E-state index contributed by atoms with van der Waals surface area (Å²) < 4.78 is 5.84. The lowest BCUT2D eigenvalue weighted by molar-refractivity contribution is -0.912. The number of carbonyl (C=O) groups excluding carboxylic acids is 1. The molecular formula is C14H27N2O2+. The van der Waals surface area contributed by atoms with E-state index in [1.807, 2.05) is 0 Å². The molecule has 18 heavy (non-hydrogen) atoms. The van der Waals surface area contributed by atoms with Crippen LogP contribution in [0.5, 0.6) is 0 Å². The first-order valence-electron chi connectivity index (χ1n) is 7.17. The van der Waals surface area contributed by atoms with Crippen molar-refractivity contribution >= 4 is 5.91 Å². The molecule has 1 unspecified atom stereocenters. The fraction of sp³-hybridized carbons (Fsp3) is 0.929. The van der Waals surface area contributed by atoms with Crippen LogP contribution in [0.2, 0.25) is 0 Å². The van der Waals surface area contributed by atoms with Crippen molar-refractivity contribution in [2.75, 3.05) is 26.2 Å². The van der Waals surface area contributed by atoms with Gasteiger partial charge in [0, 0.05) is 12.0 Å². The Bertz CT molecular complexity index is 313. The van der Waals surface area contributed by atoms with Crippen molar-refractivity contribution in [3.05, 3.63) is 0 Å². The summed E-state index contributed by atoms with van der Waals surface area (Å²) >= 11 is 0. The van der Waals surface area contributed by atoms with Gasteiger partial charge in [-0.3, -0.25) is 4.79 Å². The quantitative estimate of drug-likeness (QED) is 0.752. The second-order valence-electron chi connectivity index (χ2n) is 6.78. The lowest BCUT2D eigenvalue weighted by atomic mass is 9.69. The normalized spacial score (nSPS) is 35.6. The van der Waals surface area contributed by atoms with Gasteiger partial charge < -0.3 is 15.4 Å². The lowest BCUT2D eigenvalue weighted by Gasteiger charge is -2.48. The van der Waals surface area contributed by atoms with E-state index in [1.54, 1.807) is 4.90 Å². The lowest BCUT2D eigenvalue weighted by Crippen LogP contribution is -3.14. The molecule has 2 atom stereocenters. The molecular weight excluding hydrogens is 228 g/mol. The Hall–Kier alpha value is -0.610. The summed E-state index contributed by atoms with van der Waals surface area (Å²) in [6.45, 7) is 8.56. The van der Waals surface area contributed by atoms with Crippen LogP contribution in [0.25, 0.3) is 0 Å². The molecule has 3 N–H and O–H groups in total. The van der Waals surface area contributed by atoms with Crippen LogP contribution in [0.15, 0.2) is 0 Å². The third-order valence-electron chi connectivity index (χ3n) is 4.51. The van der Waals surface area contributed by atoms with Gasteiger partial charge >= 0.3 is 0 Å². The maximum Gasteiger partial charge on any atom is 0.223 e. The van der Waals surface area contributed by atoms with E-state index < -0.39 is 0 Å². The number of nitrogens with two attached hydrogens (primary N) is 1. The average molecular weight is 255 g/mol. The zero-order valence-corrected chi connectivity index (χ0v) is 11.8. The van der Waals surface area contributed by atoms with E-state index in [9.17, 15) is 4.79 Å². The van der Waals surface area contributed by atoms with Crippen molar-refractivity contribution in [1.29, 1.82) is 0 Å². The first-order valence-corrected chi connectivity index (χ1v) is 7.17. The van der Waals surface area contributed by atoms with Gasteiger partial charge in [0.15, 0.2) is 0 Å². The molecule has 0 saturated carbocycles. The molecule has 0 aromatic carbocycles. The highest BCUT2D eigenvalue weighted by Crippen LogP contribution is 2.42. The first-order chi connectivity index (χ1) is 8.41. The summed E-state index contributed by atoms with van der Waals surface area (Å²) in [5.41, 5.74) is 5.71. The Balaban J connectivity index is 1.94. The van der Waals surface area contributed by atoms with Crippen molar-refractivity contribution in [2.45, 2.75) is 51.6 Å². The Morgan fingerprint density at radius 2 is 2.17 bits per heavy atom. The van der Waals surface area contributed by atoms with Crippen molar-refractivity contribution in [2.24, 2.45) is 11.1 Å². The van der Waals surface area contributed by atoms with Crippen molar-refractivity contribution in [3.63, 3.8) is 0 Å². The molecule has 1 amide bonds. The number of piperidine rings is 1. The minimum Gasteiger partial charge on any atom is -0.376 e. The van der Waals surface area contributed by atoms with Crippen LogP contribution in [-0.2, 0) is 9.53 Å². The van der Waals surface area contributed by atoms with E-state index in [0.717, 1.165) is 19.6 Å². The number of quaternary nitrogens is 1. The van der Waals surface area contributed by atoms with Crippen LogP contribution in [0.4, 0.5) is 0 Å². The first kappa shape index (κ1) is 13.8. The van der Waals surface area contributed by atoms with Gasteiger partial charge in [0.2, 0.25) is 5.91 Å². The van der Waals surface area contributed by atoms with Crippen LogP contribution >= 0.6 is 0 Å². The Kier molecular flexibility index (Phi) is 3.97. The van der Waals surface area contributed by atoms with Crippen molar-refractivity contribution in [1.82, 2.24) is 0 Å². The molecule has 0 bridgehead atoms. The van der Waals surface area contributed by atoms with Gasteiger partial charge in [-0.15, -0.1) is 0 Å². The van der Waals surface area contributed by atoms with E-state index in [-0.39, 0.29) is 11.5 Å². The van der Waals surface area contributed by atoms with Crippen LogP contribution < -0.4 is 10.6 Å². The molecule has 0 aliphatic carbocycles. The number of primary amides is 1. The van der Waals surface area contributed by atoms with Gasteiger partial charge in [-0.1, -0.05) is 0 Å². The number of likely N-dealkylation sites (tertiary alicyclic amines) is 1. The molecule has 1 spiro atoms. The van der Waals surface area contributed by atoms with Gasteiger partial charge in [-0.05, 0) is 39.5 Å². The molecule has 4 heteroatoms. The summed E-state index contributed by atoms with van der Waals surface area (Å²) in [6.07, 6.45) is 5.44. The monoisotopic (exact) mass is 255 g/mol. The third-order valence-corrected chi connectivity index (χ3v) is 4.51. The maximum absolute atomic E-state index is 10.9. The zero-order chi connectivity index (χ0) is 13.2. The minimum absolute atomic E-state index is 0.0182. The number of ether oxygens (including phenoxy) is 1. The Labute approximate surface area is 110 Å². The van der Waals surface area contributed by atoms with Gasteiger partial charge in [0.1, 0.15) is 0 Å². The van der Waals surface area contributed by atoms with Crippen LogP contribution in [0.1, 0.15) is 46.0 Å². The van der Waals surface area contributed by atoms with E-state index in [1.165, 1.54) is 32.4 Å². The SMILES string of the molecule is CC1(C)C[C@]2(CCC[NH+](CCC(N)=O)C2)CCO1. The summed E-state index contributed by atoms with van der Waals surface area (Å²) in [4.78, 5) is 12.5. The van der Waals surface area contributed by atoms with Crippen LogP contribution in [0, 0.1) is 5.41 Å². The number of carbonyl (C=O) groups is 1. The van der Waals surface area contributed by atoms with Crippen LogP contribution in [0.3, 0.4) is 0 Å².